The van der Waals surface area contributed by atoms with Crippen molar-refractivity contribution in [1.29, 1.82) is 0 Å². The second-order valence-corrected chi connectivity index (χ2v) is 4.63. The van der Waals surface area contributed by atoms with E-state index < -0.39 is 0 Å². The lowest BCUT2D eigenvalue weighted by Gasteiger charge is -2.06. The van der Waals surface area contributed by atoms with Crippen LogP contribution in [0.15, 0.2) is 23.8 Å². The first-order valence-corrected chi connectivity index (χ1v) is 6.32. The number of halogens is 1. The molecule has 0 bridgehead atoms. The topological polar surface area (TPSA) is 37.8 Å². The van der Waals surface area contributed by atoms with Crippen LogP contribution in [-0.4, -0.2) is 9.97 Å². The Hall–Kier alpha value is -1.13. The van der Waals surface area contributed by atoms with E-state index in [-0.39, 0.29) is 0 Å². The van der Waals surface area contributed by atoms with Crippen LogP contribution in [0.25, 0.3) is 0 Å². The molecule has 0 saturated heterocycles. The minimum absolute atomic E-state index is 0.414. The number of hydrogen-bond acceptors (Lipinski definition) is 4. The predicted molar refractivity (Wildman–Crippen MR) is 68.1 cm³/mol. The summed E-state index contributed by atoms with van der Waals surface area (Å²) in [6, 6.07) is 2.15. The summed E-state index contributed by atoms with van der Waals surface area (Å²) >= 11 is 7.65. The summed E-state index contributed by atoms with van der Waals surface area (Å²) in [5.41, 5.74) is 1.37. The van der Waals surface area contributed by atoms with Crippen molar-refractivity contribution in [3.8, 4) is 0 Å². The van der Waals surface area contributed by atoms with E-state index in [4.69, 9.17) is 11.6 Å². The number of anilines is 1. The molecule has 0 saturated carbocycles. The van der Waals surface area contributed by atoms with E-state index in [2.05, 4.69) is 33.7 Å². The number of aryl methyl sites for hydroxylation is 1. The molecule has 5 heteroatoms. The zero-order valence-corrected chi connectivity index (χ0v) is 10.5. The van der Waals surface area contributed by atoms with E-state index >= 15 is 0 Å². The van der Waals surface area contributed by atoms with Gasteiger partial charge in [0.15, 0.2) is 11.0 Å². The summed E-state index contributed by atoms with van der Waals surface area (Å²) in [5.74, 6) is 0.639. The fourth-order valence-electron chi connectivity index (χ4n) is 1.44. The van der Waals surface area contributed by atoms with Crippen molar-refractivity contribution in [3.63, 3.8) is 0 Å². The van der Waals surface area contributed by atoms with E-state index in [0.29, 0.717) is 11.0 Å². The molecular formula is C11H12ClN3S. The van der Waals surface area contributed by atoms with Gasteiger partial charge in [-0.05, 0) is 23.4 Å². The first kappa shape index (κ1) is 11.4. The van der Waals surface area contributed by atoms with Gasteiger partial charge in [-0.2, -0.15) is 0 Å². The number of nitrogens with zero attached hydrogens (tertiary/aromatic N) is 2. The highest BCUT2D eigenvalue weighted by atomic mass is 35.5. The van der Waals surface area contributed by atoms with Gasteiger partial charge in [0.2, 0.25) is 0 Å². The van der Waals surface area contributed by atoms with Crippen LogP contribution in [-0.2, 0) is 13.0 Å². The molecule has 16 heavy (non-hydrogen) atoms. The first-order chi connectivity index (χ1) is 7.81. The average molecular weight is 254 g/mol. The Kier molecular flexibility index (Phi) is 3.74. The molecule has 0 aliphatic rings. The molecule has 0 aliphatic carbocycles. The minimum atomic E-state index is 0.414. The van der Waals surface area contributed by atoms with Crippen LogP contribution in [0, 0.1) is 0 Å². The third-order valence-electron chi connectivity index (χ3n) is 2.29. The largest absolute Gasteiger partial charge is 0.363 e. The number of hydrogen-bond donors (Lipinski definition) is 1. The number of thiophene rings is 1. The molecule has 2 aromatic heterocycles. The van der Waals surface area contributed by atoms with E-state index in [1.807, 2.05) is 0 Å². The maximum Gasteiger partial charge on any atom is 0.171 e. The smallest absolute Gasteiger partial charge is 0.171 e. The van der Waals surface area contributed by atoms with Gasteiger partial charge in [0, 0.05) is 17.3 Å². The predicted octanol–water partition coefficient (Wildman–Crippen LogP) is 3.37. The van der Waals surface area contributed by atoms with Crippen molar-refractivity contribution in [2.24, 2.45) is 0 Å². The zero-order valence-electron chi connectivity index (χ0n) is 8.90. The van der Waals surface area contributed by atoms with Crippen LogP contribution < -0.4 is 5.32 Å². The molecular weight excluding hydrogens is 242 g/mol. The quantitative estimate of drug-likeness (QED) is 0.908. The highest BCUT2D eigenvalue weighted by Crippen LogP contribution is 2.20. The van der Waals surface area contributed by atoms with Crippen LogP contribution in [0.3, 0.4) is 0 Å². The molecule has 2 heterocycles. The van der Waals surface area contributed by atoms with Crippen molar-refractivity contribution >= 4 is 28.8 Å². The molecule has 1 N–H and O–H groups in total. The van der Waals surface area contributed by atoms with Gasteiger partial charge in [0.05, 0.1) is 6.54 Å². The molecule has 0 aromatic carbocycles. The second kappa shape index (κ2) is 5.27. The third-order valence-corrected chi connectivity index (χ3v) is 3.53. The second-order valence-electron chi connectivity index (χ2n) is 3.27. The molecule has 3 nitrogen and oxygen atoms in total. The Labute approximate surface area is 104 Å². The Morgan fingerprint density at radius 1 is 1.38 bits per heavy atom. The lowest BCUT2D eigenvalue weighted by atomic mass is 10.2. The highest BCUT2D eigenvalue weighted by molar-refractivity contribution is 7.10. The van der Waals surface area contributed by atoms with Gasteiger partial charge in [-0.25, -0.2) is 9.97 Å². The molecule has 84 valence electrons. The molecule has 0 amide bonds. The van der Waals surface area contributed by atoms with Gasteiger partial charge in [-0.15, -0.1) is 11.3 Å². The van der Waals surface area contributed by atoms with Crippen LogP contribution in [0.1, 0.15) is 17.4 Å². The van der Waals surface area contributed by atoms with Gasteiger partial charge in [-0.1, -0.05) is 18.5 Å². The maximum absolute atomic E-state index is 5.91. The first-order valence-electron chi connectivity index (χ1n) is 5.07. The van der Waals surface area contributed by atoms with Crippen molar-refractivity contribution in [3.05, 3.63) is 39.4 Å². The van der Waals surface area contributed by atoms with Crippen molar-refractivity contribution < 1.29 is 0 Å². The standard InChI is InChI=1S/C11H12ClN3S/c1-2-8-3-6-16-9(8)7-15-11-10(12)13-4-5-14-11/h3-6H,2,7H2,1H3,(H,14,15). The minimum Gasteiger partial charge on any atom is -0.363 e. The van der Waals surface area contributed by atoms with E-state index in [0.717, 1.165) is 13.0 Å². The molecule has 2 aromatic rings. The summed E-state index contributed by atoms with van der Waals surface area (Å²) in [5, 5.41) is 5.71. The molecule has 0 fully saturated rings. The maximum atomic E-state index is 5.91. The lowest BCUT2D eigenvalue weighted by Crippen LogP contribution is -2.02. The molecule has 0 spiro atoms. The van der Waals surface area contributed by atoms with Gasteiger partial charge in [0.25, 0.3) is 0 Å². The highest BCUT2D eigenvalue weighted by Gasteiger charge is 2.05. The fourth-order valence-corrected chi connectivity index (χ4v) is 2.53. The van der Waals surface area contributed by atoms with Gasteiger partial charge in [-0.3, -0.25) is 0 Å². The van der Waals surface area contributed by atoms with E-state index in [1.54, 1.807) is 23.7 Å². The monoisotopic (exact) mass is 253 g/mol. The third kappa shape index (κ3) is 2.51. The Bertz CT molecular complexity index is 470. The number of nitrogens with one attached hydrogen (secondary N) is 1. The van der Waals surface area contributed by atoms with Gasteiger partial charge < -0.3 is 5.32 Å². The zero-order chi connectivity index (χ0) is 11.4. The molecule has 0 radical (unpaired) electrons. The van der Waals surface area contributed by atoms with Crippen LogP contribution >= 0.6 is 22.9 Å². The number of rotatable bonds is 4. The van der Waals surface area contributed by atoms with Crippen LogP contribution in [0.2, 0.25) is 5.15 Å². The Balaban J connectivity index is 2.05. The molecule has 2 rings (SSSR count). The summed E-state index contributed by atoms with van der Waals surface area (Å²) in [6.45, 7) is 2.90. The molecule has 0 aliphatic heterocycles. The SMILES string of the molecule is CCc1ccsc1CNc1nccnc1Cl. The fraction of sp³-hybridized carbons (Fsp3) is 0.273. The lowest BCUT2D eigenvalue weighted by molar-refractivity contribution is 1.06. The Morgan fingerprint density at radius 2 is 2.19 bits per heavy atom. The van der Waals surface area contributed by atoms with Crippen LogP contribution in [0.4, 0.5) is 5.82 Å². The van der Waals surface area contributed by atoms with E-state index in [1.165, 1.54) is 10.4 Å². The van der Waals surface area contributed by atoms with Crippen LogP contribution in [0.5, 0.6) is 0 Å². The number of aromatic nitrogens is 2. The van der Waals surface area contributed by atoms with Crippen molar-refractivity contribution in [1.82, 2.24) is 9.97 Å². The summed E-state index contributed by atoms with van der Waals surface area (Å²) < 4.78 is 0. The summed E-state index contributed by atoms with van der Waals surface area (Å²) in [4.78, 5) is 9.42. The van der Waals surface area contributed by atoms with E-state index in [9.17, 15) is 0 Å². The summed E-state index contributed by atoms with van der Waals surface area (Å²) in [7, 11) is 0. The summed E-state index contributed by atoms with van der Waals surface area (Å²) in [6.07, 6.45) is 4.26. The Morgan fingerprint density at radius 3 is 2.94 bits per heavy atom. The van der Waals surface area contributed by atoms with Gasteiger partial charge in [0.1, 0.15) is 0 Å². The van der Waals surface area contributed by atoms with Gasteiger partial charge >= 0.3 is 0 Å². The average Bonchev–Trinajstić information content (AvgIpc) is 2.75. The molecule has 0 unspecified atom stereocenters. The van der Waals surface area contributed by atoms with Crippen molar-refractivity contribution in [2.45, 2.75) is 19.9 Å². The molecule has 0 atom stereocenters. The normalized spacial score (nSPS) is 10.4. The van der Waals surface area contributed by atoms with Crippen molar-refractivity contribution in [2.75, 3.05) is 5.32 Å².